The van der Waals surface area contributed by atoms with Crippen molar-refractivity contribution in [3.63, 3.8) is 0 Å². The number of para-hydroxylation sites is 1. The SMILES string of the molecule is C1=CC(N2CCCc3ccccc32)CCC1. The van der Waals surface area contributed by atoms with Crippen molar-refractivity contribution in [3.05, 3.63) is 42.0 Å². The minimum absolute atomic E-state index is 0.648. The van der Waals surface area contributed by atoms with Crippen molar-refractivity contribution in [2.75, 3.05) is 11.4 Å². The van der Waals surface area contributed by atoms with Gasteiger partial charge in [0.05, 0.1) is 0 Å². The summed E-state index contributed by atoms with van der Waals surface area (Å²) in [5.41, 5.74) is 3.01. The maximum Gasteiger partial charge on any atom is 0.0473 e. The minimum atomic E-state index is 0.648. The molecule has 2 aliphatic rings. The van der Waals surface area contributed by atoms with Crippen LogP contribution in [0.2, 0.25) is 0 Å². The molecule has 0 aromatic heterocycles. The lowest BCUT2D eigenvalue weighted by atomic mass is 9.95. The summed E-state index contributed by atoms with van der Waals surface area (Å²) in [4.78, 5) is 2.61. The van der Waals surface area contributed by atoms with E-state index in [9.17, 15) is 0 Å². The van der Waals surface area contributed by atoms with Gasteiger partial charge < -0.3 is 4.90 Å². The molecule has 0 amide bonds. The summed E-state index contributed by atoms with van der Waals surface area (Å²) in [7, 11) is 0. The van der Waals surface area contributed by atoms with Crippen molar-refractivity contribution in [2.24, 2.45) is 0 Å². The number of fused-ring (bicyclic) bond motifs is 1. The normalized spacial score (nSPS) is 24.2. The van der Waals surface area contributed by atoms with E-state index < -0.39 is 0 Å². The molecular formula is C15H19N. The van der Waals surface area contributed by atoms with Crippen LogP contribution >= 0.6 is 0 Å². The molecule has 16 heavy (non-hydrogen) atoms. The first-order valence-electron chi connectivity index (χ1n) is 6.46. The Hall–Kier alpha value is -1.24. The van der Waals surface area contributed by atoms with Crippen LogP contribution in [0.25, 0.3) is 0 Å². The molecule has 0 bridgehead atoms. The Morgan fingerprint density at radius 3 is 2.94 bits per heavy atom. The first-order valence-corrected chi connectivity index (χ1v) is 6.46. The van der Waals surface area contributed by atoms with Gasteiger partial charge in [0, 0.05) is 18.3 Å². The lowest BCUT2D eigenvalue weighted by Crippen LogP contribution is -2.38. The number of hydrogen-bond acceptors (Lipinski definition) is 1. The third-order valence-corrected chi connectivity index (χ3v) is 3.78. The first kappa shape index (κ1) is 9.95. The van der Waals surface area contributed by atoms with Crippen LogP contribution in [0.4, 0.5) is 5.69 Å². The van der Waals surface area contributed by atoms with Crippen LogP contribution in [0.5, 0.6) is 0 Å². The van der Waals surface area contributed by atoms with E-state index in [1.807, 2.05) is 0 Å². The van der Waals surface area contributed by atoms with E-state index in [1.54, 1.807) is 0 Å². The van der Waals surface area contributed by atoms with Crippen molar-refractivity contribution in [1.82, 2.24) is 0 Å². The summed E-state index contributed by atoms with van der Waals surface area (Å²) in [6.07, 6.45) is 11.3. The van der Waals surface area contributed by atoms with Crippen LogP contribution in [0.15, 0.2) is 36.4 Å². The highest BCUT2D eigenvalue weighted by Crippen LogP contribution is 2.31. The molecule has 1 heterocycles. The molecule has 1 aliphatic heterocycles. The van der Waals surface area contributed by atoms with Crippen molar-refractivity contribution in [2.45, 2.75) is 38.1 Å². The van der Waals surface area contributed by atoms with Gasteiger partial charge in [0.25, 0.3) is 0 Å². The molecule has 3 rings (SSSR count). The maximum absolute atomic E-state index is 2.61. The van der Waals surface area contributed by atoms with Gasteiger partial charge in [-0.3, -0.25) is 0 Å². The quantitative estimate of drug-likeness (QED) is 0.645. The second-order valence-electron chi connectivity index (χ2n) is 4.85. The Morgan fingerprint density at radius 2 is 2.06 bits per heavy atom. The number of allylic oxidation sites excluding steroid dienone is 1. The molecule has 0 saturated heterocycles. The third-order valence-electron chi connectivity index (χ3n) is 3.78. The van der Waals surface area contributed by atoms with E-state index in [1.165, 1.54) is 49.9 Å². The number of rotatable bonds is 1. The number of nitrogens with zero attached hydrogens (tertiary/aromatic N) is 1. The van der Waals surface area contributed by atoms with Crippen molar-refractivity contribution in [3.8, 4) is 0 Å². The largest absolute Gasteiger partial charge is 0.365 e. The molecule has 0 fully saturated rings. The molecule has 0 saturated carbocycles. The summed E-state index contributed by atoms with van der Waals surface area (Å²) in [6, 6.07) is 9.56. The van der Waals surface area contributed by atoms with Crippen molar-refractivity contribution in [1.29, 1.82) is 0 Å². The monoisotopic (exact) mass is 213 g/mol. The standard InChI is InChI=1S/C15H19N/c1-2-9-14(10-3-1)16-12-6-8-13-7-4-5-11-15(13)16/h2,4-5,7,9,11,14H,1,3,6,8,10,12H2. The highest BCUT2D eigenvalue weighted by atomic mass is 15.2. The zero-order valence-electron chi connectivity index (χ0n) is 9.73. The summed E-state index contributed by atoms with van der Waals surface area (Å²) >= 11 is 0. The van der Waals surface area contributed by atoms with Gasteiger partial charge in [-0.25, -0.2) is 0 Å². The van der Waals surface area contributed by atoms with E-state index in [0.717, 1.165) is 0 Å². The lowest BCUT2D eigenvalue weighted by molar-refractivity contribution is 0.562. The first-order chi connectivity index (χ1) is 7.95. The van der Waals surface area contributed by atoms with Gasteiger partial charge in [-0.05, 0) is 43.7 Å². The topological polar surface area (TPSA) is 3.24 Å². The lowest BCUT2D eigenvalue weighted by Gasteiger charge is -2.37. The molecular weight excluding hydrogens is 194 g/mol. The number of benzene rings is 1. The molecule has 1 unspecified atom stereocenters. The Balaban J connectivity index is 1.92. The van der Waals surface area contributed by atoms with Crippen LogP contribution in [0, 0.1) is 0 Å². The van der Waals surface area contributed by atoms with E-state index >= 15 is 0 Å². The molecule has 0 N–H and O–H groups in total. The second kappa shape index (κ2) is 4.32. The van der Waals surface area contributed by atoms with Crippen molar-refractivity contribution >= 4 is 5.69 Å². The molecule has 0 spiro atoms. The van der Waals surface area contributed by atoms with Crippen LogP contribution in [0.1, 0.15) is 31.2 Å². The number of aryl methyl sites for hydroxylation is 1. The predicted molar refractivity (Wildman–Crippen MR) is 68.9 cm³/mol. The van der Waals surface area contributed by atoms with E-state index in [-0.39, 0.29) is 0 Å². The average Bonchev–Trinajstić information content (AvgIpc) is 2.39. The van der Waals surface area contributed by atoms with E-state index in [0.29, 0.717) is 6.04 Å². The molecule has 1 heteroatoms. The van der Waals surface area contributed by atoms with E-state index in [4.69, 9.17) is 0 Å². The zero-order chi connectivity index (χ0) is 10.8. The number of hydrogen-bond donors (Lipinski definition) is 0. The molecule has 1 atom stereocenters. The molecule has 1 aromatic rings. The highest BCUT2D eigenvalue weighted by Gasteiger charge is 2.22. The third kappa shape index (κ3) is 1.75. The van der Waals surface area contributed by atoms with Gasteiger partial charge in [-0.15, -0.1) is 0 Å². The molecule has 0 radical (unpaired) electrons. The van der Waals surface area contributed by atoms with Crippen LogP contribution in [-0.4, -0.2) is 12.6 Å². The fourth-order valence-corrected chi connectivity index (χ4v) is 2.96. The van der Waals surface area contributed by atoms with E-state index in [2.05, 4.69) is 41.3 Å². The average molecular weight is 213 g/mol. The highest BCUT2D eigenvalue weighted by molar-refractivity contribution is 5.57. The molecule has 1 aliphatic carbocycles. The maximum atomic E-state index is 2.61. The minimum Gasteiger partial charge on any atom is -0.365 e. The van der Waals surface area contributed by atoms with Crippen LogP contribution in [0.3, 0.4) is 0 Å². The Bertz CT molecular complexity index is 394. The van der Waals surface area contributed by atoms with Crippen LogP contribution in [-0.2, 0) is 6.42 Å². The summed E-state index contributed by atoms with van der Waals surface area (Å²) in [5.74, 6) is 0. The van der Waals surface area contributed by atoms with Crippen molar-refractivity contribution < 1.29 is 0 Å². The molecule has 84 valence electrons. The van der Waals surface area contributed by atoms with Gasteiger partial charge in [0.2, 0.25) is 0 Å². The fraction of sp³-hybridized carbons (Fsp3) is 0.467. The molecule has 1 aromatic carbocycles. The Labute approximate surface area is 97.8 Å². The summed E-state index contributed by atoms with van der Waals surface area (Å²) in [6.45, 7) is 1.23. The van der Waals surface area contributed by atoms with Gasteiger partial charge in [-0.2, -0.15) is 0 Å². The Kier molecular flexibility index (Phi) is 2.69. The van der Waals surface area contributed by atoms with Gasteiger partial charge in [0.1, 0.15) is 0 Å². The predicted octanol–water partition coefficient (Wildman–Crippen LogP) is 3.55. The molecule has 1 nitrogen and oxygen atoms in total. The smallest absolute Gasteiger partial charge is 0.0473 e. The van der Waals surface area contributed by atoms with Gasteiger partial charge in [-0.1, -0.05) is 30.4 Å². The summed E-state index contributed by atoms with van der Waals surface area (Å²) in [5, 5.41) is 0. The fourth-order valence-electron chi connectivity index (χ4n) is 2.96. The zero-order valence-corrected chi connectivity index (χ0v) is 9.73. The summed E-state index contributed by atoms with van der Waals surface area (Å²) < 4.78 is 0. The van der Waals surface area contributed by atoms with Gasteiger partial charge in [0.15, 0.2) is 0 Å². The Morgan fingerprint density at radius 1 is 1.12 bits per heavy atom. The van der Waals surface area contributed by atoms with Gasteiger partial charge >= 0.3 is 0 Å². The second-order valence-corrected chi connectivity index (χ2v) is 4.85. The number of anilines is 1. The van der Waals surface area contributed by atoms with Crippen LogP contribution < -0.4 is 4.90 Å².